The summed E-state index contributed by atoms with van der Waals surface area (Å²) in [7, 11) is -15.0. The van der Waals surface area contributed by atoms with Gasteiger partial charge in [0.15, 0.2) is 0 Å². The molecule has 2 rings (SSSR count). The van der Waals surface area contributed by atoms with Gasteiger partial charge in [-0.3, -0.25) is 18.9 Å². The van der Waals surface area contributed by atoms with Crippen LogP contribution in [0.4, 0.5) is 0 Å². The Morgan fingerprint density at radius 1 is 1.19 bits per heavy atom. The second-order valence-corrected chi connectivity index (χ2v) is 15.4. The highest BCUT2D eigenvalue weighted by Crippen LogP contribution is 2.66. The molecule has 2 heterocycles. The number of ether oxygens (including phenoxy) is 2. The van der Waals surface area contributed by atoms with E-state index in [1.54, 1.807) is 0 Å². The highest BCUT2D eigenvalue weighted by atomic mass is 33.1. The first kappa shape index (κ1) is 28.7. The number of phosphoric acid groups is 3. The Balaban J connectivity index is 2.25. The molecule has 1 aromatic rings. The summed E-state index contributed by atoms with van der Waals surface area (Å²) in [6.45, 7) is 6.00. The Bertz CT molecular complexity index is 1260. The van der Waals surface area contributed by atoms with E-state index < -0.39 is 65.7 Å². The maximum absolute atomic E-state index is 12.3. The molecule has 0 bridgehead atoms. The molecule has 16 nitrogen and oxygen atoms in total. The van der Waals surface area contributed by atoms with Crippen LogP contribution in [-0.4, -0.2) is 58.6 Å². The van der Waals surface area contributed by atoms with Gasteiger partial charge in [-0.25, -0.2) is 18.5 Å². The lowest BCUT2D eigenvalue weighted by Crippen LogP contribution is -2.33. The number of nitrogens with one attached hydrogen (secondary N) is 1. The van der Waals surface area contributed by atoms with Crippen molar-refractivity contribution in [2.45, 2.75) is 57.3 Å². The molecule has 0 saturated carbocycles. The third kappa shape index (κ3) is 10.8. The highest BCUT2D eigenvalue weighted by Gasteiger charge is 2.43. The monoisotopic (exact) mass is 618 g/mol. The molecule has 1 aromatic heterocycles. The maximum Gasteiger partial charge on any atom is 0.490 e. The number of hydrogen-bond donors (Lipinski definition) is 5. The lowest BCUT2D eigenvalue weighted by molar-refractivity contribution is -0.0543. The van der Waals surface area contributed by atoms with Gasteiger partial charge in [0.25, 0.3) is 5.56 Å². The molecule has 3 unspecified atom stereocenters. The number of aromatic nitrogens is 2. The summed E-state index contributed by atoms with van der Waals surface area (Å²) in [6.07, 6.45) is -2.77. The smallest absolute Gasteiger partial charge is 0.364 e. The zero-order valence-electron chi connectivity index (χ0n) is 21.2. The second kappa shape index (κ2) is 12.3. The molecular formula is C15H27N2O14P3S2. The Morgan fingerprint density at radius 2 is 1.83 bits per heavy atom. The predicted molar refractivity (Wildman–Crippen MR) is 129 cm³/mol. The molecule has 36 heavy (non-hydrogen) atoms. The van der Waals surface area contributed by atoms with Crippen molar-refractivity contribution in [3.63, 3.8) is 0 Å². The summed E-state index contributed by atoms with van der Waals surface area (Å²) < 4.78 is 74.6. The molecule has 1 aliphatic heterocycles. The van der Waals surface area contributed by atoms with Crippen LogP contribution in [0, 0.1) is 6.92 Å². The lowest BCUT2D eigenvalue weighted by Gasteiger charge is -2.22. The van der Waals surface area contributed by atoms with Crippen molar-refractivity contribution in [2.75, 3.05) is 12.5 Å². The van der Waals surface area contributed by atoms with Crippen LogP contribution >= 0.6 is 45.1 Å². The highest BCUT2D eigenvalue weighted by molar-refractivity contribution is 8.77. The summed E-state index contributed by atoms with van der Waals surface area (Å²) in [4.78, 5) is 62.4. The number of aryl methyl sites for hydroxylation is 1. The number of aromatic amines is 1. The minimum Gasteiger partial charge on any atom is -0.364 e. The van der Waals surface area contributed by atoms with Gasteiger partial charge in [0.1, 0.15) is 18.2 Å². The van der Waals surface area contributed by atoms with Gasteiger partial charge in [0, 0.05) is 22.9 Å². The van der Waals surface area contributed by atoms with Crippen molar-refractivity contribution in [3.8, 4) is 0 Å². The first-order valence-corrected chi connectivity index (χ1v) is 16.5. The molecule has 0 aliphatic carbocycles. The largest absolute Gasteiger partial charge is 0.490 e. The van der Waals surface area contributed by atoms with Crippen LogP contribution in [0.15, 0.2) is 15.8 Å². The van der Waals surface area contributed by atoms with E-state index in [2.05, 4.69) is 18.1 Å². The third-order valence-corrected chi connectivity index (χ3v) is 10.5. The van der Waals surface area contributed by atoms with Crippen LogP contribution in [0.5, 0.6) is 0 Å². The zero-order chi connectivity index (χ0) is 29.3. The topological polar surface area (TPSA) is 233 Å². The molecule has 5 N–H and O–H groups in total. The fourth-order valence-corrected chi connectivity index (χ4v) is 7.09. The second-order valence-electron chi connectivity index (χ2n) is 8.25. The van der Waals surface area contributed by atoms with Gasteiger partial charge in [-0.2, -0.15) is 8.62 Å². The van der Waals surface area contributed by atoms with Gasteiger partial charge >= 0.3 is 29.2 Å². The van der Waals surface area contributed by atoms with Crippen LogP contribution in [0.2, 0.25) is 0 Å². The van der Waals surface area contributed by atoms with Gasteiger partial charge in [0.05, 0.1) is 15.5 Å². The van der Waals surface area contributed by atoms with Crippen LogP contribution in [0.25, 0.3) is 0 Å². The Kier molecular flexibility index (Phi) is 9.78. The molecular weight excluding hydrogens is 589 g/mol. The summed E-state index contributed by atoms with van der Waals surface area (Å²) >= 11 is 0. The van der Waals surface area contributed by atoms with Crippen LogP contribution in [-0.2, 0) is 36.3 Å². The molecule has 5 atom stereocenters. The summed E-state index contributed by atoms with van der Waals surface area (Å²) in [5, 5.41) is 0. The van der Waals surface area contributed by atoms with Crippen molar-refractivity contribution in [3.05, 3.63) is 32.6 Å². The molecule has 208 valence electrons. The number of rotatable bonds is 12. The number of phosphoric ester groups is 1. The Hall–Kier alpha value is -0.290. The van der Waals surface area contributed by atoms with E-state index in [1.807, 2.05) is 20.8 Å². The molecule has 1 saturated heterocycles. The fraction of sp³-hybridized carbons (Fsp3) is 0.733. The standard InChI is InChI=1S/C15H27N2O14P3S2/c1-9-6-17(14(19)16-13(9)18)12-5-10(27-8-35-36-15(2,3)4)11(29-12)7-28-33(23,24)31-34(25,26)30-32(20,21)22/h6,10-12H,5,7-8H2,1-4H3,(H,23,24)(H,25,26)(H,16,18,19)(H2,20,21,22)/t10?,11-,12-/m1/s1/i8D2. The van der Waals surface area contributed by atoms with E-state index in [9.17, 15) is 33.1 Å². The maximum atomic E-state index is 12.3. The quantitative estimate of drug-likeness (QED) is 0.128. The van der Waals surface area contributed by atoms with Gasteiger partial charge < -0.3 is 29.0 Å². The van der Waals surface area contributed by atoms with Gasteiger partial charge in [-0.05, 0) is 6.92 Å². The van der Waals surface area contributed by atoms with Crippen molar-refractivity contribution in [1.29, 1.82) is 0 Å². The van der Waals surface area contributed by atoms with Crippen molar-refractivity contribution >= 4 is 45.1 Å². The molecule has 0 amide bonds. The van der Waals surface area contributed by atoms with E-state index in [0.717, 1.165) is 15.4 Å². The first-order valence-electron chi connectivity index (χ1n) is 10.8. The SMILES string of the molecule is [2H]C([2H])(OC1C[C@H](n2cc(C)c(=O)[nH]c2=O)O[C@@H]1COP(=O)(O)OP(=O)(O)OP(=O)(O)O)SSC(C)(C)C. The van der Waals surface area contributed by atoms with Crippen LogP contribution < -0.4 is 11.2 Å². The molecule has 1 fully saturated rings. The van der Waals surface area contributed by atoms with Crippen molar-refractivity contribution in [1.82, 2.24) is 9.55 Å². The van der Waals surface area contributed by atoms with E-state index >= 15 is 0 Å². The summed E-state index contributed by atoms with van der Waals surface area (Å²) in [6, 6.07) is 0. The molecule has 0 radical (unpaired) electrons. The summed E-state index contributed by atoms with van der Waals surface area (Å²) in [5.41, 5.74) is -1.36. The number of nitrogens with zero attached hydrogens (tertiary/aromatic N) is 1. The minimum atomic E-state index is -5.77. The molecule has 21 heteroatoms. The fourth-order valence-electron chi connectivity index (χ4n) is 2.64. The van der Waals surface area contributed by atoms with E-state index in [-0.39, 0.29) is 16.7 Å². The lowest BCUT2D eigenvalue weighted by atomic mass is 10.2. The third-order valence-electron chi connectivity index (χ3n) is 3.98. The number of H-pyrrole nitrogens is 1. The minimum absolute atomic E-state index is 0.148. The van der Waals surface area contributed by atoms with Crippen LogP contribution in [0.3, 0.4) is 0 Å². The Morgan fingerprint density at radius 3 is 2.42 bits per heavy atom. The predicted octanol–water partition coefficient (Wildman–Crippen LogP) is 2.00. The zero-order valence-corrected chi connectivity index (χ0v) is 23.5. The first-order chi connectivity index (χ1) is 17.0. The van der Waals surface area contributed by atoms with Crippen LogP contribution in [0.1, 0.15) is 41.7 Å². The average Bonchev–Trinajstić information content (AvgIpc) is 3.06. The van der Waals surface area contributed by atoms with Crippen molar-refractivity contribution in [2.24, 2.45) is 0 Å². The van der Waals surface area contributed by atoms with Crippen molar-refractivity contribution < 1.29 is 58.6 Å². The number of hydrogen-bond acceptors (Lipinski definition) is 12. The van der Waals surface area contributed by atoms with E-state index in [1.165, 1.54) is 23.9 Å². The molecule has 1 aliphatic rings. The van der Waals surface area contributed by atoms with Gasteiger partial charge in [0.2, 0.25) is 0 Å². The molecule has 0 spiro atoms. The summed E-state index contributed by atoms with van der Waals surface area (Å²) in [5.74, 6) is -2.33. The normalized spacial score (nSPS) is 25.6. The average molecular weight is 618 g/mol. The Labute approximate surface area is 215 Å². The van der Waals surface area contributed by atoms with E-state index in [4.69, 9.17) is 22.0 Å². The molecule has 0 aromatic carbocycles. The van der Waals surface area contributed by atoms with Gasteiger partial charge in [-0.15, -0.1) is 0 Å². The van der Waals surface area contributed by atoms with Gasteiger partial charge in [-0.1, -0.05) is 42.4 Å². The van der Waals surface area contributed by atoms with E-state index in [0.29, 0.717) is 0 Å².